The average molecular weight is 435 g/mol. The smallest absolute Gasteiger partial charge is 0.323 e. The minimum Gasteiger partial charge on any atom is -0.342 e. The Bertz CT molecular complexity index is 1070. The van der Waals surface area contributed by atoms with Crippen LogP contribution in [0, 0.1) is 0 Å². The number of nitrogens with one attached hydrogen (secondary N) is 3. The number of aromatic amines is 1. The summed E-state index contributed by atoms with van der Waals surface area (Å²) in [7, 11) is 0. The van der Waals surface area contributed by atoms with Crippen molar-refractivity contribution in [2.45, 2.75) is 12.8 Å². The molecule has 0 saturated carbocycles. The van der Waals surface area contributed by atoms with E-state index < -0.39 is 0 Å². The molecule has 3 N–H and O–H groups in total. The van der Waals surface area contributed by atoms with Crippen LogP contribution in [0.4, 0.5) is 16.2 Å². The van der Waals surface area contributed by atoms with Crippen LogP contribution in [0.1, 0.15) is 11.4 Å². The van der Waals surface area contributed by atoms with E-state index in [0.717, 1.165) is 45.5 Å². The largest absolute Gasteiger partial charge is 0.342 e. The van der Waals surface area contributed by atoms with Gasteiger partial charge in [0.25, 0.3) is 0 Å². The number of amides is 2. The second-order valence-corrected chi connectivity index (χ2v) is 7.40. The van der Waals surface area contributed by atoms with Gasteiger partial charge in [-0.2, -0.15) is 0 Å². The molecule has 0 aliphatic carbocycles. The van der Waals surface area contributed by atoms with Gasteiger partial charge in [-0.15, -0.1) is 0 Å². The number of aryl methyl sites for hydroxylation is 2. The standard InChI is InChI=1S/C22H19BrN4O/c23-16-4-3-5-18(14-16)25-22(28)24-17-11-8-15(9-12-17)10-13-21-26-19-6-1-2-7-20(19)27-21/h1-9,11-12,14H,10,13H2,(H,26,27)(H2,24,25,28). The highest BCUT2D eigenvalue weighted by molar-refractivity contribution is 9.10. The number of benzene rings is 3. The first-order chi connectivity index (χ1) is 13.7. The average Bonchev–Trinajstić information content (AvgIpc) is 3.10. The summed E-state index contributed by atoms with van der Waals surface area (Å²) in [5, 5.41) is 5.66. The summed E-state index contributed by atoms with van der Waals surface area (Å²) in [5.74, 6) is 0.983. The molecule has 0 saturated heterocycles. The van der Waals surface area contributed by atoms with Gasteiger partial charge in [0, 0.05) is 22.3 Å². The van der Waals surface area contributed by atoms with Gasteiger partial charge in [-0.05, 0) is 54.4 Å². The molecule has 5 nitrogen and oxygen atoms in total. The molecule has 0 fully saturated rings. The third kappa shape index (κ3) is 4.58. The number of carbonyl (C=O) groups excluding carboxylic acids is 1. The number of fused-ring (bicyclic) bond motifs is 1. The zero-order chi connectivity index (χ0) is 19.3. The number of urea groups is 1. The third-order valence-electron chi connectivity index (χ3n) is 4.38. The molecule has 6 heteroatoms. The number of hydrogen-bond acceptors (Lipinski definition) is 2. The molecule has 2 amide bonds. The van der Waals surface area contributed by atoms with Crippen LogP contribution in [0.15, 0.2) is 77.3 Å². The number of para-hydroxylation sites is 2. The van der Waals surface area contributed by atoms with Gasteiger partial charge in [-0.25, -0.2) is 9.78 Å². The van der Waals surface area contributed by atoms with Crippen LogP contribution in [0.2, 0.25) is 0 Å². The third-order valence-corrected chi connectivity index (χ3v) is 4.88. The van der Waals surface area contributed by atoms with Gasteiger partial charge in [0.2, 0.25) is 0 Å². The molecule has 0 aliphatic rings. The van der Waals surface area contributed by atoms with E-state index in [2.05, 4.69) is 36.5 Å². The van der Waals surface area contributed by atoms with E-state index in [1.54, 1.807) is 0 Å². The molecule has 4 rings (SSSR count). The Balaban J connectivity index is 1.32. The molecule has 1 aromatic heterocycles. The van der Waals surface area contributed by atoms with E-state index in [9.17, 15) is 4.79 Å². The molecule has 4 aromatic rings. The van der Waals surface area contributed by atoms with E-state index in [-0.39, 0.29) is 6.03 Å². The summed E-state index contributed by atoms with van der Waals surface area (Å²) in [6, 6.07) is 23.1. The molecule has 0 unspecified atom stereocenters. The monoisotopic (exact) mass is 434 g/mol. The van der Waals surface area contributed by atoms with Gasteiger partial charge in [0.15, 0.2) is 0 Å². The predicted octanol–water partition coefficient (Wildman–Crippen LogP) is 5.75. The summed E-state index contributed by atoms with van der Waals surface area (Å²) in [6.45, 7) is 0. The zero-order valence-corrected chi connectivity index (χ0v) is 16.7. The number of aromatic nitrogens is 2. The number of anilines is 2. The van der Waals surface area contributed by atoms with Crippen molar-refractivity contribution in [1.82, 2.24) is 9.97 Å². The lowest BCUT2D eigenvalue weighted by molar-refractivity contribution is 0.262. The van der Waals surface area contributed by atoms with Crippen LogP contribution in [0.3, 0.4) is 0 Å². The minimum atomic E-state index is -0.270. The zero-order valence-electron chi connectivity index (χ0n) is 15.1. The van der Waals surface area contributed by atoms with Crippen molar-refractivity contribution in [3.8, 4) is 0 Å². The van der Waals surface area contributed by atoms with Crippen LogP contribution in [-0.2, 0) is 12.8 Å². The second kappa shape index (κ2) is 8.27. The van der Waals surface area contributed by atoms with Crippen LogP contribution < -0.4 is 10.6 Å². The molecular formula is C22H19BrN4O. The molecule has 0 radical (unpaired) electrons. The second-order valence-electron chi connectivity index (χ2n) is 6.49. The van der Waals surface area contributed by atoms with Crippen LogP contribution in [-0.4, -0.2) is 16.0 Å². The van der Waals surface area contributed by atoms with Gasteiger partial charge in [0.05, 0.1) is 11.0 Å². The number of hydrogen-bond donors (Lipinski definition) is 3. The minimum absolute atomic E-state index is 0.270. The van der Waals surface area contributed by atoms with E-state index in [1.807, 2.05) is 72.8 Å². The lowest BCUT2D eigenvalue weighted by atomic mass is 10.1. The Morgan fingerprint density at radius 3 is 2.46 bits per heavy atom. The summed E-state index contributed by atoms with van der Waals surface area (Å²) < 4.78 is 0.916. The van der Waals surface area contributed by atoms with Gasteiger partial charge < -0.3 is 15.6 Å². The first-order valence-electron chi connectivity index (χ1n) is 9.02. The molecular weight excluding hydrogens is 416 g/mol. The quantitative estimate of drug-likeness (QED) is 0.373. The van der Waals surface area contributed by atoms with Crippen molar-refractivity contribution in [2.75, 3.05) is 10.6 Å². The number of H-pyrrole nitrogens is 1. The predicted molar refractivity (Wildman–Crippen MR) is 117 cm³/mol. The molecule has 3 aromatic carbocycles. The maximum Gasteiger partial charge on any atom is 0.323 e. The van der Waals surface area contributed by atoms with Crippen molar-refractivity contribution in [2.24, 2.45) is 0 Å². The van der Waals surface area contributed by atoms with Gasteiger partial charge in [0.1, 0.15) is 5.82 Å². The molecule has 1 heterocycles. The fourth-order valence-corrected chi connectivity index (χ4v) is 3.40. The van der Waals surface area contributed by atoms with Crippen LogP contribution >= 0.6 is 15.9 Å². The Kier molecular flexibility index (Phi) is 5.39. The first-order valence-corrected chi connectivity index (χ1v) is 9.81. The van der Waals surface area contributed by atoms with Crippen LogP contribution in [0.25, 0.3) is 11.0 Å². The number of nitrogens with zero attached hydrogens (tertiary/aromatic N) is 1. The van der Waals surface area contributed by atoms with E-state index >= 15 is 0 Å². The van der Waals surface area contributed by atoms with Crippen LogP contribution in [0.5, 0.6) is 0 Å². The molecule has 0 aliphatic heterocycles. The fraction of sp³-hybridized carbons (Fsp3) is 0.0909. The van der Waals surface area contributed by atoms with E-state index in [4.69, 9.17) is 0 Å². The highest BCUT2D eigenvalue weighted by atomic mass is 79.9. The Morgan fingerprint density at radius 2 is 1.68 bits per heavy atom. The summed E-state index contributed by atoms with van der Waals surface area (Å²) in [5.41, 5.74) is 4.73. The molecule has 28 heavy (non-hydrogen) atoms. The summed E-state index contributed by atoms with van der Waals surface area (Å²) >= 11 is 3.39. The summed E-state index contributed by atoms with van der Waals surface area (Å²) in [4.78, 5) is 20.1. The molecule has 0 atom stereocenters. The Labute approximate surface area is 171 Å². The lowest BCUT2D eigenvalue weighted by Crippen LogP contribution is -2.19. The van der Waals surface area contributed by atoms with Gasteiger partial charge in [-0.3, -0.25) is 0 Å². The highest BCUT2D eigenvalue weighted by Gasteiger charge is 2.05. The van der Waals surface area contributed by atoms with E-state index in [0.29, 0.717) is 0 Å². The van der Waals surface area contributed by atoms with Crippen molar-refractivity contribution in [1.29, 1.82) is 0 Å². The van der Waals surface area contributed by atoms with Crippen molar-refractivity contribution >= 4 is 44.4 Å². The maximum atomic E-state index is 12.1. The fourth-order valence-electron chi connectivity index (χ4n) is 3.00. The topological polar surface area (TPSA) is 69.8 Å². The van der Waals surface area contributed by atoms with E-state index in [1.165, 1.54) is 5.56 Å². The summed E-state index contributed by atoms with van der Waals surface area (Å²) in [6.07, 6.45) is 1.72. The maximum absolute atomic E-state index is 12.1. The molecule has 0 spiro atoms. The normalized spacial score (nSPS) is 10.8. The number of carbonyl (C=O) groups is 1. The van der Waals surface area contributed by atoms with Crippen molar-refractivity contribution < 1.29 is 4.79 Å². The number of halogens is 1. The molecule has 140 valence electrons. The van der Waals surface area contributed by atoms with Crippen molar-refractivity contribution in [3.63, 3.8) is 0 Å². The SMILES string of the molecule is O=C(Nc1ccc(CCc2nc3ccccc3[nH]2)cc1)Nc1cccc(Br)c1. The molecule has 0 bridgehead atoms. The van der Waals surface area contributed by atoms with Gasteiger partial charge in [-0.1, -0.05) is 46.3 Å². The number of rotatable bonds is 5. The van der Waals surface area contributed by atoms with Crippen molar-refractivity contribution in [3.05, 3.63) is 88.7 Å². The van der Waals surface area contributed by atoms with Gasteiger partial charge >= 0.3 is 6.03 Å². The lowest BCUT2D eigenvalue weighted by Gasteiger charge is -2.08. The first kappa shape index (κ1) is 18.3. The highest BCUT2D eigenvalue weighted by Crippen LogP contribution is 2.17. The Morgan fingerprint density at radius 1 is 0.893 bits per heavy atom. The number of imidazole rings is 1. The Hall–Kier alpha value is -3.12.